The lowest BCUT2D eigenvalue weighted by molar-refractivity contribution is 1.09. The Hall–Kier alpha value is -2.12. The van der Waals surface area contributed by atoms with E-state index in [-0.39, 0.29) is 0 Å². The van der Waals surface area contributed by atoms with Crippen molar-refractivity contribution < 1.29 is 0 Å². The van der Waals surface area contributed by atoms with E-state index in [0.717, 1.165) is 21.2 Å². The largest absolute Gasteiger partial charge is 0.299 e. The molecule has 20 heavy (non-hydrogen) atoms. The smallest absolute Gasteiger partial charge is 0.100 e. The van der Waals surface area contributed by atoms with Gasteiger partial charge in [-0.2, -0.15) is 5.26 Å². The van der Waals surface area contributed by atoms with E-state index in [1.54, 1.807) is 0 Å². The van der Waals surface area contributed by atoms with E-state index < -0.39 is 0 Å². The van der Waals surface area contributed by atoms with E-state index in [4.69, 9.17) is 5.26 Å². The summed E-state index contributed by atoms with van der Waals surface area (Å²) in [6.07, 6.45) is 1.82. The zero-order chi connectivity index (χ0) is 14.3. The van der Waals surface area contributed by atoms with Gasteiger partial charge in [0.2, 0.25) is 0 Å². The van der Waals surface area contributed by atoms with Gasteiger partial charge in [0.25, 0.3) is 0 Å². The molecule has 98 valence electrons. The molecule has 2 aromatic carbocycles. The average molecular weight is 326 g/mol. The zero-order valence-electron chi connectivity index (χ0n) is 11.2. The fourth-order valence-corrected chi connectivity index (χ4v) is 2.67. The summed E-state index contributed by atoms with van der Waals surface area (Å²) >= 11 is 3.43. The molecule has 0 N–H and O–H groups in total. The van der Waals surface area contributed by atoms with E-state index >= 15 is 0 Å². The van der Waals surface area contributed by atoms with Crippen molar-refractivity contribution in [2.24, 2.45) is 0 Å². The fraction of sp³-hybridized carbons (Fsp3) is 0.125. The topological polar surface area (TPSA) is 41.6 Å². The van der Waals surface area contributed by atoms with Crippen molar-refractivity contribution in [2.45, 2.75) is 13.8 Å². The highest BCUT2D eigenvalue weighted by Gasteiger charge is 2.08. The Morgan fingerprint density at radius 1 is 1.15 bits per heavy atom. The molecular formula is C16H12BrN3. The third-order valence-corrected chi connectivity index (χ3v) is 4.17. The number of aryl methyl sites for hydroxylation is 2. The first-order valence-corrected chi connectivity index (χ1v) is 7.04. The summed E-state index contributed by atoms with van der Waals surface area (Å²) in [5, 5.41) is 8.98. The zero-order valence-corrected chi connectivity index (χ0v) is 12.8. The van der Waals surface area contributed by atoms with Crippen molar-refractivity contribution >= 4 is 27.0 Å². The third-order valence-electron chi connectivity index (χ3n) is 3.51. The highest BCUT2D eigenvalue weighted by molar-refractivity contribution is 9.10. The van der Waals surface area contributed by atoms with Crippen molar-refractivity contribution in [3.05, 3.63) is 57.8 Å². The fourth-order valence-electron chi connectivity index (χ4n) is 2.21. The molecule has 0 saturated carbocycles. The van der Waals surface area contributed by atoms with Gasteiger partial charge in [0.05, 0.1) is 16.6 Å². The summed E-state index contributed by atoms with van der Waals surface area (Å²) in [4.78, 5) is 4.45. The normalized spacial score (nSPS) is 10.7. The van der Waals surface area contributed by atoms with Crippen molar-refractivity contribution in [3.63, 3.8) is 0 Å². The summed E-state index contributed by atoms with van der Waals surface area (Å²) in [6, 6.07) is 12.1. The molecule has 0 amide bonds. The molecule has 0 aliphatic rings. The molecule has 0 radical (unpaired) electrons. The summed E-state index contributed by atoms with van der Waals surface area (Å²) in [5.41, 5.74) is 6.15. The first-order chi connectivity index (χ1) is 9.60. The second kappa shape index (κ2) is 4.77. The van der Waals surface area contributed by atoms with E-state index in [9.17, 15) is 0 Å². The number of rotatable bonds is 1. The Balaban J connectivity index is 2.22. The first kappa shape index (κ1) is 12.9. The van der Waals surface area contributed by atoms with Crippen molar-refractivity contribution in [1.29, 1.82) is 5.26 Å². The third kappa shape index (κ3) is 2.00. The molecule has 0 spiro atoms. The maximum absolute atomic E-state index is 8.98. The van der Waals surface area contributed by atoms with Crippen molar-refractivity contribution in [3.8, 4) is 11.8 Å². The minimum absolute atomic E-state index is 0.630. The van der Waals surface area contributed by atoms with E-state index in [1.807, 2.05) is 29.1 Å². The van der Waals surface area contributed by atoms with Gasteiger partial charge in [0, 0.05) is 10.2 Å². The maximum atomic E-state index is 8.98. The maximum Gasteiger partial charge on any atom is 0.100 e. The Morgan fingerprint density at radius 3 is 2.60 bits per heavy atom. The molecule has 0 saturated heterocycles. The monoisotopic (exact) mass is 325 g/mol. The van der Waals surface area contributed by atoms with Gasteiger partial charge >= 0.3 is 0 Å². The first-order valence-electron chi connectivity index (χ1n) is 6.24. The number of nitrogens with zero attached hydrogens (tertiary/aromatic N) is 3. The van der Waals surface area contributed by atoms with Crippen molar-refractivity contribution in [2.75, 3.05) is 0 Å². The van der Waals surface area contributed by atoms with Crippen LogP contribution in [0.5, 0.6) is 0 Å². The lowest BCUT2D eigenvalue weighted by Crippen LogP contribution is -1.93. The van der Waals surface area contributed by atoms with Gasteiger partial charge in [-0.25, -0.2) is 4.98 Å². The number of halogens is 1. The summed E-state index contributed by atoms with van der Waals surface area (Å²) < 4.78 is 2.83. The molecule has 3 aromatic rings. The highest BCUT2D eigenvalue weighted by Crippen LogP contribution is 2.25. The minimum Gasteiger partial charge on any atom is -0.299 e. The van der Waals surface area contributed by atoms with Crippen molar-refractivity contribution in [1.82, 2.24) is 9.55 Å². The SMILES string of the molecule is Cc1cc2ncn(-c3ccc(C#N)c(Br)c3)c2cc1C. The van der Waals surface area contributed by atoms with Crippen LogP contribution in [0.3, 0.4) is 0 Å². The lowest BCUT2D eigenvalue weighted by atomic mass is 10.1. The number of nitriles is 1. The van der Waals surface area contributed by atoms with Gasteiger partial charge in [0.15, 0.2) is 0 Å². The average Bonchev–Trinajstić information content (AvgIpc) is 2.82. The van der Waals surface area contributed by atoms with Gasteiger partial charge in [0.1, 0.15) is 12.4 Å². The van der Waals surface area contributed by atoms with E-state index in [0.29, 0.717) is 5.56 Å². The van der Waals surface area contributed by atoms with Crippen LogP contribution in [-0.2, 0) is 0 Å². The number of fused-ring (bicyclic) bond motifs is 1. The number of hydrogen-bond acceptors (Lipinski definition) is 2. The predicted octanol–water partition coefficient (Wildman–Crippen LogP) is 4.28. The van der Waals surface area contributed by atoms with E-state index in [1.165, 1.54) is 11.1 Å². The molecule has 3 rings (SSSR count). The highest BCUT2D eigenvalue weighted by atomic mass is 79.9. The van der Waals surface area contributed by atoms with Crippen LogP contribution in [0.15, 0.2) is 41.1 Å². The number of benzene rings is 2. The van der Waals surface area contributed by atoms with Gasteiger partial charge < -0.3 is 0 Å². The van der Waals surface area contributed by atoms with Crippen LogP contribution in [0.2, 0.25) is 0 Å². The molecule has 4 heteroatoms. The molecule has 0 aliphatic carbocycles. The second-order valence-electron chi connectivity index (χ2n) is 4.82. The minimum atomic E-state index is 0.630. The summed E-state index contributed by atoms with van der Waals surface area (Å²) in [6.45, 7) is 4.19. The number of imidazole rings is 1. The van der Waals surface area contributed by atoms with E-state index in [2.05, 4.69) is 53.0 Å². The number of aromatic nitrogens is 2. The van der Waals surface area contributed by atoms with Crippen LogP contribution in [0.25, 0.3) is 16.7 Å². The lowest BCUT2D eigenvalue weighted by Gasteiger charge is -2.07. The molecule has 0 unspecified atom stereocenters. The molecule has 3 nitrogen and oxygen atoms in total. The quantitative estimate of drug-likeness (QED) is 0.670. The molecule has 0 atom stereocenters. The molecule has 1 heterocycles. The Bertz CT molecular complexity index is 856. The van der Waals surface area contributed by atoms with Gasteiger partial charge in [-0.15, -0.1) is 0 Å². The Kier molecular flexibility index (Phi) is 3.07. The van der Waals surface area contributed by atoms with Crippen LogP contribution in [0, 0.1) is 25.2 Å². The summed E-state index contributed by atoms with van der Waals surface area (Å²) in [7, 11) is 0. The van der Waals surface area contributed by atoms with Gasteiger partial charge in [-0.3, -0.25) is 4.57 Å². The summed E-state index contributed by atoms with van der Waals surface area (Å²) in [5.74, 6) is 0. The van der Waals surface area contributed by atoms with Crippen LogP contribution >= 0.6 is 15.9 Å². The number of hydrogen-bond donors (Lipinski definition) is 0. The van der Waals surface area contributed by atoms with Crippen LogP contribution < -0.4 is 0 Å². The van der Waals surface area contributed by atoms with Crippen LogP contribution in [-0.4, -0.2) is 9.55 Å². The Morgan fingerprint density at radius 2 is 1.90 bits per heavy atom. The predicted molar refractivity (Wildman–Crippen MR) is 83.0 cm³/mol. The molecule has 0 bridgehead atoms. The standard InChI is InChI=1S/C16H12BrN3/c1-10-5-15-16(6-11(10)2)20(9-19-15)13-4-3-12(8-18)14(17)7-13/h3-7,9H,1-2H3. The van der Waals surface area contributed by atoms with Gasteiger partial charge in [-0.1, -0.05) is 0 Å². The molecular weight excluding hydrogens is 314 g/mol. The molecule has 0 aliphatic heterocycles. The second-order valence-corrected chi connectivity index (χ2v) is 5.67. The molecule has 0 fully saturated rings. The Labute approximate surface area is 125 Å². The van der Waals surface area contributed by atoms with Crippen LogP contribution in [0.4, 0.5) is 0 Å². The van der Waals surface area contributed by atoms with Gasteiger partial charge in [-0.05, 0) is 71.2 Å². The molecule has 1 aromatic heterocycles. The van der Waals surface area contributed by atoms with Crippen LogP contribution in [0.1, 0.15) is 16.7 Å².